The number of nitrogens with one attached hydrogen (secondary N) is 2. The fourth-order valence-corrected chi connectivity index (χ4v) is 2.16. The van der Waals surface area contributed by atoms with E-state index in [0.717, 1.165) is 6.54 Å². The lowest BCUT2D eigenvalue weighted by Gasteiger charge is -2.20. The summed E-state index contributed by atoms with van der Waals surface area (Å²) in [6, 6.07) is 4.45. The van der Waals surface area contributed by atoms with Crippen LogP contribution < -0.4 is 10.6 Å². The predicted molar refractivity (Wildman–Crippen MR) is 75.0 cm³/mol. The van der Waals surface area contributed by atoms with Crippen molar-refractivity contribution in [3.8, 4) is 0 Å². The second kappa shape index (κ2) is 6.75. The first-order valence-corrected chi connectivity index (χ1v) is 7.00. The van der Waals surface area contributed by atoms with Gasteiger partial charge in [0.25, 0.3) is 0 Å². The molecule has 4 nitrogen and oxygen atoms in total. The summed E-state index contributed by atoms with van der Waals surface area (Å²) in [5.41, 5.74) is -0.443. The van der Waals surface area contributed by atoms with Gasteiger partial charge in [-0.3, -0.25) is 0 Å². The smallest absolute Gasteiger partial charge is 0.407 e. The Hall–Kier alpha value is -1.07. The van der Waals surface area contributed by atoms with Gasteiger partial charge in [-0.05, 0) is 39.1 Å². The van der Waals surface area contributed by atoms with Gasteiger partial charge in [0, 0.05) is 24.0 Å². The Kier molecular flexibility index (Phi) is 5.62. The molecule has 0 aliphatic carbocycles. The van der Waals surface area contributed by atoms with Crippen molar-refractivity contribution in [2.75, 3.05) is 13.1 Å². The molecule has 0 saturated heterocycles. The number of hydrogen-bond acceptors (Lipinski definition) is 4. The summed E-state index contributed by atoms with van der Waals surface area (Å²) in [6.07, 6.45) is -0.368. The monoisotopic (exact) mass is 270 g/mol. The van der Waals surface area contributed by atoms with Crippen LogP contribution in [0.1, 0.15) is 38.6 Å². The van der Waals surface area contributed by atoms with Gasteiger partial charge < -0.3 is 15.4 Å². The average Bonchev–Trinajstić information content (AvgIpc) is 2.74. The van der Waals surface area contributed by atoms with Crippen LogP contribution in [-0.2, 0) is 4.74 Å². The molecule has 1 aromatic heterocycles. The molecule has 1 heterocycles. The highest BCUT2D eigenvalue weighted by atomic mass is 32.1. The minimum atomic E-state index is -0.443. The highest BCUT2D eigenvalue weighted by molar-refractivity contribution is 7.10. The van der Waals surface area contributed by atoms with Crippen LogP contribution in [0.3, 0.4) is 0 Å². The third-order valence-corrected chi connectivity index (χ3v) is 3.27. The number of carbonyl (C=O) groups is 1. The molecule has 1 aromatic rings. The van der Waals surface area contributed by atoms with E-state index in [0.29, 0.717) is 12.6 Å². The first-order chi connectivity index (χ1) is 8.38. The largest absolute Gasteiger partial charge is 0.444 e. The Morgan fingerprint density at radius 3 is 2.72 bits per heavy atom. The molecule has 0 aliphatic heterocycles. The van der Waals surface area contributed by atoms with E-state index in [1.165, 1.54) is 4.88 Å². The van der Waals surface area contributed by atoms with Gasteiger partial charge in [-0.25, -0.2) is 4.79 Å². The first-order valence-electron chi connectivity index (χ1n) is 6.12. The average molecular weight is 270 g/mol. The lowest BCUT2D eigenvalue weighted by molar-refractivity contribution is 0.0528. The maximum Gasteiger partial charge on any atom is 0.407 e. The summed E-state index contributed by atoms with van der Waals surface area (Å²) in [4.78, 5) is 12.7. The molecule has 0 saturated carbocycles. The Morgan fingerprint density at radius 1 is 1.44 bits per heavy atom. The van der Waals surface area contributed by atoms with Gasteiger partial charge in [0.2, 0.25) is 0 Å². The number of alkyl carbamates (subject to hydrolysis) is 1. The molecule has 1 rings (SSSR count). The SMILES string of the molecule is C[C@@H](NCCNC(=O)OC(C)(C)C)c1cccs1. The molecular formula is C13H22N2O2S. The summed E-state index contributed by atoms with van der Waals surface area (Å²) < 4.78 is 5.14. The van der Waals surface area contributed by atoms with Crippen molar-refractivity contribution in [3.05, 3.63) is 22.4 Å². The summed E-state index contributed by atoms with van der Waals surface area (Å²) in [7, 11) is 0. The van der Waals surface area contributed by atoms with Gasteiger partial charge in [0.05, 0.1) is 0 Å². The minimum Gasteiger partial charge on any atom is -0.444 e. The van der Waals surface area contributed by atoms with Crippen molar-refractivity contribution >= 4 is 17.4 Å². The molecule has 0 aromatic carbocycles. The maximum atomic E-state index is 11.4. The van der Waals surface area contributed by atoms with Crippen molar-refractivity contribution in [1.29, 1.82) is 0 Å². The van der Waals surface area contributed by atoms with Crippen molar-refractivity contribution in [2.24, 2.45) is 0 Å². The predicted octanol–water partition coefficient (Wildman–Crippen LogP) is 2.92. The lowest BCUT2D eigenvalue weighted by Crippen LogP contribution is -2.36. The number of carbonyl (C=O) groups excluding carboxylic acids is 1. The van der Waals surface area contributed by atoms with E-state index in [2.05, 4.69) is 29.0 Å². The molecule has 1 amide bonds. The van der Waals surface area contributed by atoms with Crippen LogP contribution in [0.25, 0.3) is 0 Å². The van der Waals surface area contributed by atoms with Gasteiger partial charge in [0.15, 0.2) is 0 Å². The molecule has 0 bridgehead atoms. The number of hydrogen-bond donors (Lipinski definition) is 2. The van der Waals surface area contributed by atoms with E-state index in [9.17, 15) is 4.79 Å². The summed E-state index contributed by atoms with van der Waals surface area (Å²) in [5, 5.41) is 8.12. The zero-order valence-electron chi connectivity index (χ0n) is 11.4. The topological polar surface area (TPSA) is 50.4 Å². The molecule has 0 spiro atoms. The molecule has 0 radical (unpaired) electrons. The van der Waals surface area contributed by atoms with Crippen LogP contribution in [0.15, 0.2) is 17.5 Å². The number of thiophene rings is 1. The van der Waals surface area contributed by atoms with Crippen LogP contribution in [0.4, 0.5) is 4.79 Å². The van der Waals surface area contributed by atoms with Crippen molar-refractivity contribution in [2.45, 2.75) is 39.3 Å². The van der Waals surface area contributed by atoms with Crippen LogP contribution in [-0.4, -0.2) is 24.8 Å². The van der Waals surface area contributed by atoms with Gasteiger partial charge in [-0.15, -0.1) is 11.3 Å². The zero-order chi connectivity index (χ0) is 13.6. The quantitative estimate of drug-likeness (QED) is 0.809. The van der Waals surface area contributed by atoms with Crippen molar-refractivity contribution < 1.29 is 9.53 Å². The minimum absolute atomic E-state index is 0.311. The van der Waals surface area contributed by atoms with Crippen LogP contribution in [0, 0.1) is 0 Å². The molecule has 18 heavy (non-hydrogen) atoms. The summed E-state index contributed by atoms with van der Waals surface area (Å²) in [6.45, 7) is 8.94. The molecule has 5 heteroatoms. The van der Waals surface area contributed by atoms with Crippen LogP contribution >= 0.6 is 11.3 Å². The van der Waals surface area contributed by atoms with E-state index in [-0.39, 0.29) is 6.09 Å². The Morgan fingerprint density at radius 2 is 2.17 bits per heavy atom. The molecule has 1 atom stereocenters. The number of rotatable bonds is 5. The molecule has 0 aliphatic rings. The van der Waals surface area contributed by atoms with Crippen LogP contribution in [0.5, 0.6) is 0 Å². The second-order valence-electron chi connectivity index (χ2n) is 5.12. The maximum absolute atomic E-state index is 11.4. The third kappa shape index (κ3) is 6.02. The highest BCUT2D eigenvalue weighted by Crippen LogP contribution is 2.17. The second-order valence-corrected chi connectivity index (χ2v) is 6.10. The van der Waals surface area contributed by atoms with Gasteiger partial charge in [-0.1, -0.05) is 6.07 Å². The Bertz CT molecular complexity index is 358. The van der Waals surface area contributed by atoms with Gasteiger partial charge in [-0.2, -0.15) is 0 Å². The molecule has 2 N–H and O–H groups in total. The molecule has 102 valence electrons. The van der Waals surface area contributed by atoms with E-state index >= 15 is 0 Å². The lowest BCUT2D eigenvalue weighted by atomic mass is 10.2. The first kappa shape index (κ1) is 15.0. The van der Waals surface area contributed by atoms with Crippen LogP contribution in [0.2, 0.25) is 0 Å². The third-order valence-electron chi connectivity index (χ3n) is 2.21. The number of ether oxygens (including phenoxy) is 1. The standard InChI is InChI=1S/C13H22N2O2S/c1-10(11-6-5-9-18-11)14-7-8-15-12(16)17-13(2,3)4/h5-6,9-10,14H,7-8H2,1-4H3,(H,15,16)/t10-/m1/s1. The fourth-order valence-electron chi connectivity index (χ4n) is 1.41. The van der Waals surface area contributed by atoms with Crippen molar-refractivity contribution in [3.63, 3.8) is 0 Å². The van der Waals surface area contributed by atoms with E-state index < -0.39 is 5.60 Å². The Balaban J connectivity index is 2.14. The van der Waals surface area contributed by atoms with Crippen molar-refractivity contribution in [1.82, 2.24) is 10.6 Å². The van der Waals surface area contributed by atoms with E-state index in [1.54, 1.807) is 11.3 Å². The summed E-state index contributed by atoms with van der Waals surface area (Å²) >= 11 is 1.73. The number of amides is 1. The molecule has 0 fully saturated rings. The Labute approximate surface area is 113 Å². The summed E-state index contributed by atoms with van der Waals surface area (Å²) in [5.74, 6) is 0. The normalized spacial score (nSPS) is 13.1. The molecular weight excluding hydrogens is 248 g/mol. The fraction of sp³-hybridized carbons (Fsp3) is 0.615. The molecule has 0 unspecified atom stereocenters. The highest BCUT2D eigenvalue weighted by Gasteiger charge is 2.15. The van der Waals surface area contributed by atoms with Gasteiger partial charge >= 0.3 is 6.09 Å². The van der Waals surface area contributed by atoms with E-state index in [4.69, 9.17) is 4.74 Å². The van der Waals surface area contributed by atoms with Gasteiger partial charge in [0.1, 0.15) is 5.60 Å². The zero-order valence-corrected chi connectivity index (χ0v) is 12.3. The van der Waals surface area contributed by atoms with E-state index in [1.807, 2.05) is 26.8 Å².